The molecule has 0 unspecified atom stereocenters. The van der Waals surface area contributed by atoms with Gasteiger partial charge >= 0.3 is 0 Å². The Kier molecular flexibility index (Phi) is 3.67. The fraction of sp³-hybridized carbons (Fsp3) is 0.231. The lowest BCUT2D eigenvalue weighted by Crippen LogP contribution is -1.95. The van der Waals surface area contributed by atoms with Gasteiger partial charge in [-0.05, 0) is 31.5 Å². The summed E-state index contributed by atoms with van der Waals surface area (Å²) in [4.78, 5) is 8.13. The van der Waals surface area contributed by atoms with Crippen molar-refractivity contribution in [1.29, 1.82) is 0 Å². The zero-order valence-electron chi connectivity index (χ0n) is 10.4. The Hall–Kier alpha value is -1.81. The van der Waals surface area contributed by atoms with Crippen molar-refractivity contribution in [3.63, 3.8) is 0 Å². The molecule has 0 aliphatic heterocycles. The lowest BCUT2D eigenvalue weighted by atomic mass is 10.2. The van der Waals surface area contributed by atoms with Crippen molar-refractivity contribution in [1.82, 2.24) is 9.97 Å². The molecular formula is C13H13ClN2O2. The quantitative estimate of drug-likeness (QED) is 0.796. The number of methoxy groups -OCH3 is 1. The molecule has 0 bridgehead atoms. The van der Waals surface area contributed by atoms with E-state index in [1.807, 2.05) is 25.1 Å². The molecule has 0 spiro atoms. The molecule has 0 aliphatic carbocycles. The van der Waals surface area contributed by atoms with E-state index in [2.05, 4.69) is 9.97 Å². The molecule has 94 valence electrons. The van der Waals surface area contributed by atoms with Gasteiger partial charge in [0.2, 0.25) is 5.88 Å². The highest BCUT2D eigenvalue weighted by molar-refractivity contribution is 6.29. The number of benzene rings is 1. The molecule has 4 nitrogen and oxygen atoms in total. The number of hydrogen-bond donors (Lipinski definition) is 0. The van der Waals surface area contributed by atoms with Crippen LogP contribution in [-0.2, 0) is 0 Å². The molecule has 2 aromatic rings. The van der Waals surface area contributed by atoms with Crippen LogP contribution in [0.4, 0.5) is 0 Å². The molecule has 0 N–H and O–H groups in total. The monoisotopic (exact) mass is 264 g/mol. The summed E-state index contributed by atoms with van der Waals surface area (Å²) in [7, 11) is 1.60. The fourth-order valence-corrected chi connectivity index (χ4v) is 1.75. The Bertz CT molecular complexity index is 553. The Morgan fingerprint density at radius 2 is 1.83 bits per heavy atom. The highest BCUT2D eigenvalue weighted by Gasteiger charge is 2.08. The first-order valence-corrected chi connectivity index (χ1v) is 5.80. The zero-order chi connectivity index (χ0) is 13.1. The minimum Gasteiger partial charge on any atom is -0.493 e. The van der Waals surface area contributed by atoms with Crippen LogP contribution in [0, 0.1) is 13.8 Å². The number of aryl methyl sites for hydroxylation is 2. The molecule has 1 heterocycles. The largest absolute Gasteiger partial charge is 0.493 e. The van der Waals surface area contributed by atoms with Crippen molar-refractivity contribution in [3.05, 3.63) is 40.8 Å². The first-order valence-electron chi connectivity index (χ1n) is 5.42. The van der Waals surface area contributed by atoms with Gasteiger partial charge in [0.05, 0.1) is 7.11 Å². The smallest absolute Gasteiger partial charge is 0.224 e. The summed E-state index contributed by atoms with van der Waals surface area (Å²) in [5.41, 5.74) is 1.09. The predicted octanol–water partition coefficient (Wildman–Crippen LogP) is 3.55. The number of aromatic nitrogens is 2. The second-order valence-electron chi connectivity index (χ2n) is 3.83. The molecule has 0 atom stereocenters. The van der Waals surface area contributed by atoms with Crippen LogP contribution in [0.5, 0.6) is 17.4 Å². The lowest BCUT2D eigenvalue weighted by molar-refractivity contribution is 0.373. The third-order valence-electron chi connectivity index (χ3n) is 2.32. The van der Waals surface area contributed by atoms with Crippen molar-refractivity contribution >= 4 is 11.6 Å². The minimum absolute atomic E-state index is 0.351. The SMILES string of the molecule is COc1cc(C)ccc1Oc1cc(Cl)nc(C)n1. The van der Waals surface area contributed by atoms with E-state index in [-0.39, 0.29) is 0 Å². The summed E-state index contributed by atoms with van der Waals surface area (Å²) in [6.45, 7) is 3.74. The van der Waals surface area contributed by atoms with E-state index in [0.717, 1.165) is 5.56 Å². The summed E-state index contributed by atoms with van der Waals surface area (Å²) >= 11 is 5.85. The van der Waals surface area contributed by atoms with Crippen LogP contribution in [0.15, 0.2) is 24.3 Å². The van der Waals surface area contributed by atoms with Gasteiger partial charge in [-0.3, -0.25) is 0 Å². The molecule has 0 saturated carbocycles. The van der Waals surface area contributed by atoms with E-state index in [1.165, 1.54) is 0 Å². The second-order valence-corrected chi connectivity index (χ2v) is 4.22. The van der Waals surface area contributed by atoms with Crippen LogP contribution in [0.1, 0.15) is 11.4 Å². The van der Waals surface area contributed by atoms with Crippen LogP contribution in [0.2, 0.25) is 5.15 Å². The molecule has 0 saturated heterocycles. The van der Waals surface area contributed by atoms with Gasteiger partial charge in [0, 0.05) is 6.07 Å². The molecule has 1 aromatic carbocycles. The first kappa shape index (κ1) is 12.6. The number of nitrogens with zero attached hydrogens (tertiary/aromatic N) is 2. The average molecular weight is 265 g/mol. The molecular weight excluding hydrogens is 252 g/mol. The Labute approximate surface area is 111 Å². The van der Waals surface area contributed by atoms with E-state index in [0.29, 0.717) is 28.4 Å². The van der Waals surface area contributed by atoms with Crippen LogP contribution >= 0.6 is 11.6 Å². The topological polar surface area (TPSA) is 44.2 Å². The van der Waals surface area contributed by atoms with Gasteiger partial charge in [-0.1, -0.05) is 17.7 Å². The lowest BCUT2D eigenvalue weighted by Gasteiger charge is -2.10. The third-order valence-corrected chi connectivity index (χ3v) is 2.51. The minimum atomic E-state index is 0.351. The predicted molar refractivity (Wildman–Crippen MR) is 69.6 cm³/mol. The Morgan fingerprint density at radius 1 is 1.06 bits per heavy atom. The zero-order valence-corrected chi connectivity index (χ0v) is 11.2. The van der Waals surface area contributed by atoms with Gasteiger partial charge in [-0.15, -0.1) is 0 Å². The van der Waals surface area contributed by atoms with Gasteiger partial charge in [0.15, 0.2) is 11.5 Å². The second kappa shape index (κ2) is 5.23. The van der Waals surface area contributed by atoms with Crippen molar-refractivity contribution in [2.24, 2.45) is 0 Å². The standard InChI is InChI=1S/C13H13ClN2O2/c1-8-4-5-10(11(6-8)17-3)18-13-7-12(14)15-9(2)16-13/h4-7H,1-3H3. The van der Waals surface area contributed by atoms with Gasteiger partial charge in [-0.2, -0.15) is 4.98 Å². The fourth-order valence-electron chi connectivity index (χ4n) is 1.53. The van der Waals surface area contributed by atoms with Crippen LogP contribution < -0.4 is 9.47 Å². The van der Waals surface area contributed by atoms with Gasteiger partial charge in [0.25, 0.3) is 0 Å². The molecule has 0 aliphatic rings. The van der Waals surface area contributed by atoms with Gasteiger partial charge < -0.3 is 9.47 Å². The molecule has 5 heteroatoms. The third kappa shape index (κ3) is 2.90. The number of halogens is 1. The van der Waals surface area contributed by atoms with E-state index in [4.69, 9.17) is 21.1 Å². The van der Waals surface area contributed by atoms with Crippen molar-refractivity contribution in [2.75, 3.05) is 7.11 Å². The van der Waals surface area contributed by atoms with E-state index in [1.54, 1.807) is 20.1 Å². The Balaban J connectivity index is 2.33. The maximum atomic E-state index is 5.85. The maximum absolute atomic E-state index is 5.85. The van der Waals surface area contributed by atoms with Crippen LogP contribution in [0.25, 0.3) is 0 Å². The van der Waals surface area contributed by atoms with Crippen molar-refractivity contribution in [3.8, 4) is 17.4 Å². The van der Waals surface area contributed by atoms with E-state index >= 15 is 0 Å². The Morgan fingerprint density at radius 3 is 2.50 bits per heavy atom. The molecule has 0 amide bonds. The van der Waals surface area contributed by atoms with Gasteiger partial charge in [0.1, 0.15) is 11.0 Å². The molecule has 18 heavy (non-hydrogen) atoms. The summed E-state index contributed by atoms with van der Waals surface area (Å²) in [5.74, 6) is 2.21. The van der Waals surface area contributed by atoms with E-state index in [9.17, 15) is 0 Å². The summed E-state index contributed by atoms with van der Waals surface area (Å²) in [6, 6.07) is 7.23. The molecule has 2 rings (SSSR count). The normalized spacial score (nSPS) is 10.2. The van der Waals surface area contributed by atoms with Crippen LogP contribution in [-0.4, -0.2) is 17.1 Å². The molecule has 0 fully saturated rings. The van der Waals surface area contributed by atoms with Crippen molar-refractivity contribution < 1.29 is 9.47 Å². The molecule has 0 radical (unpaired) electrons. The highest BCUT2D eigenvalue weighted by Crippen LogP contribution is 2.31. The summed E-state index contributed by atoms with van der Waals surface area (Å²) < 4.78 is 10.9. The number of rotatable bonds is 3. The highest BCUT2D eigenvalue weighted by atomic mass is 35.5. The maximum Gasteiger partial charge on any atom is 0.224 e. The first-order chi connectivity index (χ1) is 8.58. The summed E-state index contributed by atoms with van der Waals surface area (Å²) in [6.07, 6.45) is 0. The van der Waals surface area contributed by atoms with Gasteiger partial charge in [-0.25, -0.2) is 4.98 Å². The summed E-state index contributed by atoms with van der Waals surface area (Å²) in [5, 5.41) is 0.351. The average Bonchev–Trinajstić information content (AvgIpc) is 2.30. The number of hydrogen-bond acceptors (Lipinski definition) is 4. The number of ether oxygens (including phenoxy) is 2. The van der Waals surface area contributed by atoms with Crippen LogP contribution in [0.3, 0.4) is 0 Å². The molecule has 1 aromatic heterocycles. The van der Waals surface area contributed by atoms with Crippen molar-refractivity contribution in [2.45, 2.75) is 13.8 Å². The van der Waals surface area contributed by atoms with E-state index < -0.39 is 0 Å².